The van der Waals surface area contributed by atoms with E-state index in [2.05, 4.69) is 27.8 Å². The molecule has 2 aliphatic carbocycles. The number of likely N-dealkylation sites (tertiary alicyclic amines) is 1. The molecule has 3 fully saturated rings. The van der Waals surface area contributed by atoms with Crippen LogP contribution in [-0.2, 0) is 16.0 Å². The van der Waals surface area contributed by atoms with Crippen LogP contribution in [0.3, 0.4) is 0 Å². The van der Waals surface area contributed by atoms with Gasteiger partial charge in [-0.2, -0.15) is 23.1 Å². The summed E-state index contributed by atoms with van der Waals surface area (Å²) in [6.07, 6.45) is 6.05. The van der Waals surface area contributed by atoms with Crippen molar-refractivity contribution in [2.45, 2.75) is 87.3 Å². The lowest BCUT2D eigenvalue weighted by Crippen LogP contribution is -2.62. The SMILES string of the molecule is C#Cc1c(F)ccc2cc(O)cc(C3=Cc4nc(OC[C@]5(C(F)(F)F)C[C@@H](F)CN5C5CCOCC5)nc(NCC5(N(C)C(=O)C=C)CCCC5)c4CC3)c12. The summed E-state index contributed by atoms with van der Waals surface area (Å²) in [5, 5.41) is 15.0. The molecule has 2 atom stereocenters. The van der Waals surface area contributed by atoms with Gasteiger partial charge in [0.15, 0.2) is 5.54 Å². The van der Waals surface area contributed by atoms with Crippen molar-refractivity contribution in [3.8, 4) is 24.1 Å². The van der Waals surface area contributed by atoms with Gasteiger partial charge < -0.3 is 24.8 Å². The average molecular weight is 766 g/mol. The number of phenols is 1. The molecule has 3 heterocycles. The number of alkyl halides is 4. The Morgan fingerprint density at radius 3 is 2.65 bits per heavy atom. The smallest absolute Gasteiger partial charge is 0.410 e. The molecule has 0 spiro atoms. The molecule has 2 saturated heterocycles. The Kier molecular flexibility index (Phi) is 10.6. The highest BCUT2D eigenvalue weighted by Crippen LogP contribution is 2.47. The van der Waals surface area contributed by atoms with Crippen molar-refractivity contribution in [3.63, 3.8) is 0 Å². The van der Waals surface area contributed by atoms with Crippen molar-refractivity contribution in [1.29, 1.82) is 0 Å². The zero-order valence-corrected chi connectivity index (χ0v) is 30.7. The molecule has 1 amide bonds. The molecule has 0 bridgehead atoms. The molecule has 14 heteroatoms. The highest BCUT2D eigenvalue weighted by Gasteiger charge is 2.65. The van der Waals surface area contributed by atoms with Crippen LogP contribution in [0.15, 0.2) is 36.9 Å². The summed E-state index contributed by atoms with van der Waals surface area (Å²) in [4.78, 5) is 24.9. The lowest BCUT2D eigenvalue weighted by atomic mass is 9.87. The Labute approximate surface area is 316 Å². The number of anilines is 1. The maximum absolute atomic E-state index is 15.2. The van der Waals surface area contributed by atoms with Crippen LogP contribution in [0.2, 0.25) is 0 Å². The highest BCUT2D eigenvalue weighted by molar-refractivity contribution is 6.02. The average Bonchev–Trinajstić information content (AvgIpc) is 3.81. The van der Waals surface area contributed by atoms with E-state index in [4.69, 9.17) is 15.9 Å². The Morgan fingerprint density at radius 2 is 1.96 bits per heavy atom. The number of phenolic OH excluding ortho intramolecular Hbond substituents is 1. The zero-order valence-electron chi connectivity index (χ0n) is 30.7. The van der Waals surface area contributed by atoms with Gasteiger partial charge in [-0.1, -0.05) is 31.4 Å². The normalized spacial score (nSPS) is 22.9. The first kappa shape index (κ1) is 38.5. The Bertz CT molecular complexity index is 2050. The van der Waals surface area contributed by atoms with Crippen LogP contribution in [0, 0.1) is 18.2 Å². The van der Waals surface area contributed by atoms with Gasteiger partial charge in [-0.15, -0.1) is 6.42 Å². The summed E-state index contributed by atoms with van der Waals surface area (Å²) in [5.74, 6) is 1.86. The van der Waals surface area contributed by atoms with Gasteiger partial charge in [0.25, 0.3) is 0 Å². The molecule has 2 aliphatic heterocycles. The van der Waals surface area contributed by atoms with Crippen LogP contribution in [0.4, 0.5) is 27.8 Å². The number of terminal acetylenes is 1. The first-order chi connectivity index (χ1) is 26.3. The molecule has 292 valence electrons. The van der Waals surface area contributed by atoms with Crippen LogP contribution < -0.4 is 10.1 Å². The van der Waals surface area contributed by atoms with Crippen molar-refractivity contribution in [2.75, 3.05) is 45.3 Å². The number of hydrogen-bond acceptors (Lipinski definition) is 8. The number of benzene rings is 2. The van der Waals surface area contributed by atoms with Crippen molar-refractivity contribution in [1.82, 2.24) is 19.8 Å². The van der Waals surface area contributed by atoms with E-state index in [0.29, 0.717) is 64.7 Å². The fourth-order valence-electron chi connectivity index (χ4n) is 8.99. The van der Waals surface area contributed by atoms with Crippen molar-refractivity contribution in [3.05, 3.63) is 65.1 Å². The topological polar surface area (TPSA) is 100 Å². The van der Waals surface area contributed by atoms with E-state index >= 15 is 17.6 Å². The Hall–Kier alpha value is -4.74. The summed E-state index contributed by atoms with van der Waals surface area (Å²) in [5.41, 5.74) is -1.02. The van der Waals surface area contributed by atoms with Gasteiger partial charge in [0.05, 0.1) is 16.8 Å². The van der Waals surface area contributed by atoms with E-state index in [-0.39, 0.29) is 49.5 Å². The quantitative estimate of drug-likeness (QED) is 0.127. The predicted molar refractivity (Wildman–Crippen MR) is 199 cm³/mol. The van der Waals surface area contributed by atoms with Gasteiger partial charge in [0.1, 0.15) is 30.2 Å². The second-order valence-electron chi connectivity index (χ2n) is 15.0. The number of ether oxygens (including phenoxy) is 2. The molecule has 55 heavy (non-hydrogen) atoms. The van der Waals surface area contributed by atoms with Crippen LogP contribution >= 0.6 is 0 Å². The third-order valence-electron chi connectivity index (χ3n) is 12.0. The maximum atomic E-state index is 15.2. The number of likely N-dealkylation sites (N-methyl/N-ethyl adjacent to an activating group) is 1. The second-order valence-corrected chi connectivity index (χ2v) is 15.0. The maximum Gasteiger partial charge on any atom is 0.410 e. The fourth-order valence-corrected chi connectivity index (χ4v) is 8.99. The summed E-state index contributed by atoms with van der Waals surface area (Å²) in [7, 11) is 1.73. The number of carbonyl (C=O) groups is 1. The minimum Gasteiger partial charge on any atom is -0.508 e. The summed E-state index contributed by atoms with van der Waals surface area (Å²) < 4.78 is 86.8. The third kappa shape index (κ3) is 7.13. The molecule has 7 rings (SSSR count). The molecular formula is C41H44F5N5O4. The lowest BCUT2D eigenvalue weighted by Gasteiger charge is -2.44. The highest BCUT2D eigenvalue weighted by atomic mass is 19.4. The lowest BCUT2D eigenvalue weighted by molar-refractivity contribution is -0.241. The zero-order chi connectivity index (χ0) is 39.1. The number of amides is 1. The van der Waals surface area contributed by atoms with E-state index in [1.807, 2.05) is 0 Å². The van der Waals surface area contributed by atoms with E-state index in [0.717, 1.165) is 25.7 Å². The van der Waals surface area contributed by atoms with Gasteiger partial charge in [0, 0.05) is 56.8 Å². The standard InChI is InChI=1S/C41H44F5N5O4/c1-4-30-33(43)11-9-26-18-29(52)20-32(36(26)30)25-8-10-31-34(19-25)48-38(49-37(31)47-23-39(14-6-7-15-39)50(3)35(53)5-2)55-24-40(41(44,45)46)21-27(42)22-51(40)28-12-16-54-17-13-28/h1,5,9,11,18-20,27-28,52H,2,6-8,10,12-17,21-24H2,3H3,(H,47,48,49)/t27-,40+/m1/s1. The molecule has 2 aromatic carbocycles. The molecule has 9 nitrogen and oxygen atoms in total. The number of rotatable bonds is 10. The van der Waals surface area contributed by atoms with Gasteiger partial charge in [-0.25, -0.2) is 8.78 Å². The monoisotopic (exact) mass is 765 g/mol. The van der Waals surface area contributed by atoms with Crippen LogP contribution in [0.1, 0.15) is 73.8 Å². The summed E-state index contributed by atoms with van der Waals surface area (Å²) >= 11 is 0. The van der Waals surface area contributed by atoms with Gasteiger partial charge in [-0.05, 0) is 85.4 Å². The number of carbonyl (C=O) groups excluding carboxylic acids is 1. The van der Waals surface area contributed by atoms with Crippen LogP contribution in [0.5, 0.6) is 11.8 Å². The Morgan fingerprint density at radius 1 is 1.22 bits per heavy atom. The molecule has 0 radical (unpaired) electrons. The first-order valence-electron chi connectivity index (χ1n) is 18.6. The first-order valence-corrected chi connectivity index (χ1v) is 18.6. The Balaban J connectivity index is 1.30. The third-order valence-corrected chi connectivity index (χ3v) is 12.0. The number of nitrogens with one attached hydrogen (secondary N) is 1. The number of halogens is 5. The summed E-state index contributed by atoms with van der Waals surface area (Å²) in [6, 6.07) is 4.87. The minimum absolute atomic E-state index is 0.0302. The number of hydrogen-bond donors (Lipinski definition) is 2. The predicted octanol–water partition coefficient (Wildman–Crippen LogP) is 7.21. The molecule has 4 aliphatic rings. The number of fused-ring (bicyclic) bond motifs is 2. The fraction of sp³-hybridized carbons (Fsp3) is 0.488. The van der Waals surface area contributed by atoms with E-state index in [1.165, 1.54) is 35.2 Å². The number of allylic oxidation sites excluding steroid dienone is 1. The number of aromatic hydroxyl groups is 1. The molecule has 1 aromatic heterocycles. The van der Waals surface area contributed by atoms with Crippen LogP contribution in [-0.4, -0.2) is 100 Å². The minimum atomic E-state index is -4.84. The van der Waals surface area contributed by atoms with Crippen LogP contribution in [0.25, 0.3) is 22.4 Å². The molecule has 0 unspecified atom stereocenters. The summed E-state index contributed by atoms with van der Waals surface area (Å²) in [6.45, 7) is 3.18. The van der Waals surface area contributed by atoms with Gasteiger partial charge in [-0.3, -0.25) is 9.69 Å². The number of nitrogens with zero attached hydrogens (tertiary/aromatic N) is 4. The van der Waals surface area contributed by atoms with E-state index in [9.17, 15) is 14.3 Å². The van der Waals surface area contributed by atoms with Gasteiger partial charge >= 0.3 is 12.2 Å². The van der Waals surface area contributed by atoms with Crippen molar-refractivity contribution in [2.24, 2.45) is 0 Å². The van der Waals surface area contributed by atoms with Gasteiger partial charge in [0.2, 0.25) is 5.91 Å². The second kappa shape index (κ2) is 15.1. The van der Waals surface area contributed by atoms with Crippen molar-refractivity contribution >= 4 is 34.1 Å². The van der Waals surface area contributed by atoms with E-state index in [1.54, 1.807) is 18.0 Å². The molecular weight excluding hydrogens is 721 g/mol. The molecule has 1 saturated carbocycles. The van der Waals surface area contributed by atoms with E-state index < -0.39 is 48.3 Å². The molecule has 3 aromatic rings. The largest absolute Gasteiger partial charge is 0.508 e. The molecule has 2 N–H and O–H groups in total. The number of aromatic nitrogens is 2. The van der Waals surface area contributed by atoms with Crippen molar-refractivity contribution < 1.29 is 41.3 Å².